The maximum absolute atomic E-state index is 6.33. The summed E-state index contributed by atoms with van der Waals surface area (Å²) in [5.41, 5.74) is 0.846. The molecule has 4 heteroatoms. The number of benzene rings is 1. The Morgan fingerprint density at radius 2 is 1.53 bits per heavy atom. The number of nitrogens with zero attached hydrogens (tertiary/aromatic N) is 1. The van der Waals surface area contributed by atoms with Gasteiger partial charge in [0.15, 0.2) is 4.46 Å². The minimum atomic E-state index is -0.978. The molecule has 0 saturated heterocycles. The lowest BCUT2D eigenvalue weighted by molar-refractivity contribution is 0.250. The van der Waals surface area contributed by atoms with Crippen molar-refractivity contribution in [2.45, 2.75) is 18.3 Å². The summed E-state index contributed by atoms with van der Waals surface area (Å²) in [7, 11) is 0. The largest absolute Gasteiger partial charge is 0.269 e. The van der Waals surface area contributed by atoms with Crippen molar-refractivity contribution in [2.75, 3.05) is 13.1 Å². The quantitative estimate of drug-likeness (QED) is 0.581. The standard InChI is InChI=1S/C11H14Cl3N/c1-3-15(4-2)11(13,14)9-5-7-10(12)8-6-9/h5-8H,3-4H2,1-2H3. The molecule has 0 saturated carbocycles. The fourth-order valence-electron chi connectivity index (χ4n) is 1.45. The lowest BCUT2D eigenvalue weighted by Crippen LogP contribution is -2.37. The van der Waals surface area contributed by atoms with Crippen molar-refractivity contribution in [1.29, 1.82) is 0 Å². The van der Waals surface area contributed by atoms with Crippen molar-refractivity contribution in [3.8, 4) is 0 Å². The Labute approximate surface area is 106 Å². The molecule has 1 aromatic carbocycles. The molecule has 0 fully saturated rings. The maximum Gasteiger partial charge on any atom is 0.197 e. The van der Waals surface area contributed by atoms with Crippen LogP contribution in [0.25, 0.3) is 0 Å². The summed E-state index contributed by atoms with van der Waals surface area (Å²) in [4.78, 5) is 1.97. The lowest BCUT2D eigenvalue weighted by Gasteiger charge is -2.32. The van der Waals surface area contributed by atoms with Gasteiger partial charge in [0.2, 0.25) is 0 Å². The van der Waals surface area contributed by atoms with E-state index in [1.165, 1.54) is 0 Å². The molecule has 15 heavy (non-hydrogen) atoms. The summed E-state index contributed by atoms with van der Waals surface area (Å²) in [6.07, 6.45) is 0. The van der Waals surface area contributed by atoms with Gasteiger partial charge in [-0.05, 0) is 25.2 Å². The van der Waals surface area contributed by atoms with E-state index in [4.69, 9.17) is 34.8 Å². The van der Waals surface area contributed by atoms with Gasteiger partial charge in [-0.25, -0.2) is 0 Å². The lowest BCUT2D eigenvalue weighted by atomic mass is 10.2. The molecule has 1 aromatic rings. The monoisotopic (exact) mass is 265 g/mol. The molecule has 1 rings (SSSR count). The Kier molecular flexibility index (Phi) is 4.72. The van der Waals surface area contributed by atoms with Crippen molar-refractivity contribution >= 4 is 34.8 Å². The van der Waals surface area contributed by atoms with E-state index in [1.807, 2.05) is 30.9 Å². The van der Waals surface area contributed by atoms with Crippen LogP contribution < -0.4 is 0 Å². The minimum Gasteiger partial charge on any atom is -0.269 e. The van der Waals surface area contributed by atoms with Gasteiger partial charge >= 0.3 is 0 Å². The van der Waals surface area contributed by atoms with Gasteiger partial charge in [-0.15, -0.1) is 0 Å². The first-order valence-corrected chi connectivity index (χ1v) is 6.04. The van der Waals surface area contributed by atoms with Crippen molar-refractivity contribution < 1.29 is 0 Å². The van der Waals surface area contributed by atoms with Crippen LogP contribution in [-0.4, -0.2) is 18.0 Å². The number of alkyl halides is 2. The molecule has 0 atom stereocenters. The molecule has 1 nitrogen and oxygen atoms in total. The molecule has 0 bridgehead atoms. The van der Waals surface area contributed by atoms with Crippen LogP contribution in [0, 0.1) is 0 Å². The van der Waals surface area contributed by atoms with Gasteiger partial charge in [0, 0.05) is 10.6 Å². The molecular formula is C11H14Cl3N. The van der Waals surface area contributed by atoms with Crippen LogP contribution in [0.5, 0.6) is 0 Å². The van der Waals surface area contributed by atoms with Crippen molar-refractivity contribution in [3.63, 3.8) is 0 Å². The van der Waals surface area contributed by atoms with Gasteiger partial charge in [-0.2, -0.15) is 0 Å². The Hall–Kier alpha value is 0.0500. The van der Waals surface area contributed by atoms with Crippen molar-refractivity contribution in [1.82, 2.24) is 4.90 Å². The molecule has 0 aliphatic heterocycles. The molecule has 0 radical (unpaired) electrons. The van der Waals surface area contributed by atoms with Crippen LogP contribution in [0.3, 0.4) is 0 Å². The molecule has 0 aliphatic carbocycles. The van der Waals surface area contributed by atoms with Crippen LogP contribution in [0.4, 0.5) is 0 Å². The molecule has 0 spiro atoms. The Bertz CT molecular complexity index is 304. The average Bonchev–Trinajstić information content (AvgIpc) is 2.19. The maximum atomic E-state index is 6.33. The Balaban J connectivity index is 2.98. The topological polar surface area (TPSA) is 3.24 Å². The first-order valence-electron chi connectivity index (χ1n) is 4.91. The van der Waals surface area contributed by atoms with E-state index in [0.717, 1.165) is 18.7 Å². The van der Waals surface area contributed by atoms with Crippen LogP contribution in [0.2, 0.25) is 5.02 Å². The fourth-order valence-corrected chi connectivity index (χ4v) is 2.31. The van der Waals surface area contributed by atoms with Crippen LogP contribution >= 0.6 is 34.8 Å². The van der Waals surface area contributed by atoms with Gasteiger partial charge in [0.05, 0.1) is 0 Å². The second-order valence-corrected chi connectivity index (χ2v) is 4.94. The third-order valence-corrected chi connectivity index (χ3v) is 3.52. The molecule has 0 unspecified atom stereocenters. The Morgan fingerprint density at radius 3 is 1.93 bits per heavy atom. The zero-order valence-corrected chi connectivity index (χ0v) is 11.1. The SMILES string of the molecule is CCN(CC)C(Cl)(Cl)c1ccc(Cl)cc1. The second kappa shape index (κ2) is 5.40. The molecule has 0 N–H and O–H groups in total. The zero-order chi connectivity index (χ0) is 11.5. The molecule has 0 aliphatic rings. The van der Waals surface area contributed by atoms with Gasteiger partial charge in [0.25, 0.3) is 0 Å². The van der Waals surface area contributed by atoms with Gasteiger partial charge < -0.3 is 0 Å². The predicted octanol–water partition coefficient (Wildman–Crippen LogP) is 4.27. The normalized spacial score (nSPS) is 12.1. The highest BCUT2D eigenvalue weighted by atomic mass is 35.5. The third kappa shape index (κ3) is 3.01. The van der Waals surface area contributed by atoms with Crippen molar-refractivity contribution in [3.05, 3.63) is 34.9 Å². The fraction of sp³-hybridized carbons (Fsp3) is 0.455. The van der Waals surface area contributed by atoms with E-state index < -0.39 is 4.46 Å². The molecule has 0 aromatic heterocycles. The number of hydrogen-bond acceptors (Lipinski definition) is 1. The summed E-state index contributed by atoms with van der Waals surface area (Å²) in [6, 6.07) is 7.28. The van der Waals surface area contributed by atoms with E-state index in [9.17, 15) is 0 Å². The minimum absolute atomic E-state index is 0.683. The summed E-state index contributed by atoms with van der Waals surface area (Å²) in [6.45, 7) is 5.65. The highest BCUT2D eigenvalue weighted by Crippen LogP contribution is 2.37. The molecular weight excluding hydrogens is 252 g/mol. The predicted molar refractivity (Wildman–Crippen MR) is 67.8 cm³/mol. The van der Waals surface area contributed by atoms with E-state index in [0.29, 0.717) is 5.02 Å². The van der Waals surface area contributed by atoms with Crippen LogP contribution in [0.15, 0.2) is 24.3 Å². The summed E-state index contributed by atoms with van der Waals surface area (Å²) in [5.74, 6) is 0. The average molecular weight is 267 g/mol. The number of rotatable bonds is 4. The van der Waals surface area contributed by atoms with Gasteiger partial charge in [-0.1, -0.05) is 60.8 Å². The summed E-state index contributed by atoms with van der Waals surface area (Å²) in [5, 5.41) is 0.683. The van der Waals surface area contributed by atoms with Crippen molar-refractivity contribution in [2.24, 2.45) is 0 Å². The second-order valence-electron chi connectivity index (χ2n) is 3.22. The summed E-state index contributed by atoms with van der Waals surface area (Å²) >= 11 is 18.5. The highest BCUT2D eigenvalue weighted by Gasteiger charge is 2.32. The Morgan fingerprint density at radius 1 is 1.07 bits per heavy atom. The third-order valence-electron chi connectivity index (χ3n) is 2.35. The van der Waals surface area contributed by atoms with E-state index in [-0.39, 0.29) is 0 Å². The number of halogens is 3. The molecule has 0 amide bonds. The van der Waals surface area contributed by atoms with E-state index in [1.54, 1.807) is 12.1 Å². The summed E-state index contributed by atoms with van der Waals surface area (Å²) < 4.78 is -0.978. The van der Waals surface area contributed by atoms with Gasteiger partial charge in [0.1, 0.15) is 0 Å². The van der Waals surface area contributed by atoms with Gasteiger partial charge in [-0.3, -0.25) is 4.90 Å². The molecule has 0 heterocycles. The molecule has 84 valence electrons. The first-order chi connectivity index (χ1) is 7.02. The van der Waals surface area contributed by atoms with Crippen LogP contribution in [-0.2, 0) is 4.46 Å². The smallest absolute Gasteiger partial charge is 0.197 e. The van der Waals surface area contributed by atoms with Crippen LogP contribution in [0.1, 0.15) is 19.4 Å². The zero-order valence-electron chi connectivity index (χ0n) is 8.80. The van der Waals surface area contributed by atoms with E-state index in [2.05, 4.69) is 0 Å². The number of hydrogen-bond donors (Lipinski definition) is 0. The first kappa shape index (κ1) is 13.1. The highest BCUT2D eigenvalue weighted by molar-refractivity contribution is 6.47. The van der Waals surface area contributed by atoms with E-state index >= 15 is 0 Å².